The molecule has 0 spiro atoms. The number of sulfonamides is 1. The van der Waals surface area contributed by atoms with Crippen molar-refractivity contribution in [1.29, 1.82) is 0 Å². The van der Waals surface area contributed by atoms with E-state index in [1.165, 1.54) is 37.6 Å². The quantitative estimate of drug-likeness (QED) is 0.277. The summed E-state index contributed by atoms with van der Waals surface area (Å²) in [4.78, 5) is 16.8. The molecule has 0 atom stereocenters. The standard InChI is InChI=1S/C24H23ClFN7O4S/c1-27-24-30-9-14-6-17(22(31-21(14)32-24)28-8-13-11-37-12-13)16-4-3-5-18(20(16)26)33-38(34,35)19-7-15(25)10-29-23(19)36-2/h3-7,9-10,13,33H,8,11-12H2,1-2H3,(H2,27,28,30,31,32). The summed E-state index contributed by atoms with van der Waals surface area (Å²) in [6.45, 7) is 1.80. The Morgan fingerprint density at radius 3 is 2.68 bits per heavy atom. The lowest BCUT2D eigenvalue weighted by atomic mass is 10.0. The van der Waals surface area contributed by atoms with E-state index in [0.717, 1.165) is 0 Å². The lowest BCUT2D eigenvalue weighted by molar-refractivity contribution is -0.0248. The smallest absolute Gasteiger partial charge is 0.267 e. The zero-order chi connectivity index (χ0) is 26.9. The molecule has 3 N–H and O–H groups in total. The topological polar surface area (TPSA) is 140 Å². The van der Waals surface area contributed by atoms with Crippen LogP contribution in [0.4, 0.5) is 21.8 Å². The average molecular weight is 560 g/mol. The van der Waals surface area contributed by atoms with Crippen LogP contribution in [0, 0.1) is 11.7 Å². The first-order chi connectivity index (χ1) is 18.3. The first kappa shape index (κ1) is 25.8. The molecule has 198 valence electrons. The Bertz CT molecular complexity index is 1620. The third-order valence-electron chi connectivity index (χ3n) is 5.86. The molecule has 0 amide bonds. The minimum Gasteiger partial charge on any atom is -0.480 e. The van der Waals surface area contributed by atoms with E-state index in [1.54, 1.807) is 19.3 Å². The number of hydrogen-bond donors (Lipinski definition) is 3. The van der Waals surface area contributed by atoms with Crippen LogP contribution < -0.4 is 20.1 Å². The zero-order valence-electron chi connectivity index (χ0n) is 20.3. The Morgan fingerprint density at radius 1 is 1.16 bits per heavy atom. The molecule has 4 heterocycles. The molecular formula is C24H23ClFN7O4S. The van der Waals surface area contributed by atoms with Crippen molar-refractivity contribution in [3.63, 3.8) is 0 Å². The van der Waals surface area contributed by atoms with Gasteiger partial charge in [-0.05, 0) is 18.2 Å². The van der Waals surface area contributed by atoms with Gasteiger partial charge in [0.15, 0.2) is 16.4 Å². The van der Waals surface area contributed by atoms with Gasteiger partial charge in [0, 0.05) is 48.4 Å². The van der Waals surface area contributed by atoms with E-state index in [2.05, 4.69) is 35.3 Å². The van der Waals surface area contributed by atoms with E-state index >= 15 is 4.39 Å². The fraction of sp³-hybridized carbons (Fsp3) is 0.250. The number of nitrogens with zero attached hydrogens (tertiary/aromatic N) is 4. The lowest BCUT2D eigenvalue weighted by Crippen LogP contribution is -2.33. The number of ether oxygens (including phenoxy) is 2. The average Bonchev–Trinajstić information content (AvgIpc) is 2.88. The first-order valence-corrected chi connectivity index (χ1v) is 13.3. The van der Waals surface area contributed by atoms with Crippen molar-refractivity contribution < 1.29 is 22.3 Å². The van der Waals surface area contributed by atoms with Crippen LogP contribution in [0.5, 0.6) is 5.88 Å². The Labute approximate surface area is 222 Å². The van der Waals surface area contributed by atoms with Gasteiger partial charge in [0.05, 0.1) is 31.0 Å². The summed E-state index contributed by atoms with van der Waals surface area (Å²) in [6, 6.07) is 7.28. The minimum atomic E-state index is -4.30. The van der Waals surface area contributed by atoms with Gasteiger partial charge in [0.2, 0.25) is 11.8 Å². The fourth-order valence-electron chi connectivity index (χ4n) is 3.84. The highest BCUT2D eigenvalue weighted by Gasteiger charge is 2.25. The van der Waals surface area contributed by atoms with Crippen molar-refractivity contribution in [1.82, 2.24) is 19.9 Å². The predicted molar refractivity (Wildman–Crippen MR) is 142 cm³/mol. The van der Waals surface area contributed by atoms with Gasteiger partial charge in [-0.25, -0.2) is 27.8 Å². The van der Waals surface area contributed by atoms with Crippen LogP contribution in [0.3, 0.4) is 0 Å². The summed E-state index contributed by atoms with van der Waals surface area (Å²) in [7, 11) is -1.33. The predicted octanol–water partition coefficient (Wildman–Crippen LogP) is 3.79. The van der Waals surface area contributed by atoms with Crippen LogP contribution in [0.15, 0.2) is 47.6 Å². The molecular weight excluding hydrogens is 537 g/mol. The van der Waals surface area contributed by atoms with E-state index in [4.69, 9.17) is 21.1 Å². The number of rotatable bonds is 9. The summed E-state index contributed by atoms with van der Waals surface area (Å²) in [5, 5.41) is 6.80. The molecule has 3 aromatic heterocycles. The molecule has 0 bridgehead atoms. The maximum atomic E-state index is 15.9. The van der Waals surface area contributed by atoms with Crippen molar-refractivity contribution in [2.24, 2.45) is 5.92 Å². The van der Waals surface area contributed by atoms with Crippen LogP contribution in [0.1, 0.15) is 0 Å². The maximum Gasteiger partial charge on any atom is 0.267 e. The van der Waals surface area contributed by atoms with Crippen LogP contribution in [-0.4, -0.2) is 62.3 Å². The molecule has 1 aliphatic rings. The Morgan fingerprint density at radius 2 is 1.97 bits per heavy atom. The molecule has 0 radical (unpaired) electrons. The lowest BCUT2D eigenvalue weighted by Gasteiger charge is -2.26. The van der Waals surface area contributed by atoms with Gasteiger partial charge in [0.25, 0.3) is 10.0 Å². The Kier molecular flexibility index (Phi) is 7.15. The van der Waals surface area contributed by atoms with Crippen LogP contribution in [-0.2, 0) is 14.8 Å². The van der Waals surface area contributed by atoms with Gasteiger partial charge >= 0.3 is 0 Å². The van der Waals surface area contributed by atoms with Crippen molar-refractivity contribution >= 4 is 50.1 Å². The molecule has 38 heavy (non-hydrogen) atoms. The number of aromatic nitrogens is 4. The number of fused-ring (bicyclic) bond motifs is 1. The third-order valence-corrected chi connectivity index (χ3v) is 7.43. The molecule has 0 aliphatic carbocycles. The summed E-state index contributed by atoms with van der Waals surface area (Å²) < 4.78 is 54.8. The second-order valence-electron chi connectivity index (χ2n) is 8.46. The summed E-state index contributed by atoms with van der Waals surface area (Å²) >= 11 is 5.95. The third kappa shape index (κ3) is 5.12. The maximum absolute atomic E-state index is 15.9. The highest BCUT2D eigenvalue weighted by molar-refractivity contribution is 7.92. The molecule has 0 saturated carbocycles. The Hall–Kier alpha value is -3.81. The summed E-state index contributed by atoms with van der Waals surface area (Å²) in [5.74, 6) is 0.107. The van der Waals surface area contributed by atoms with E-state index in [1.807, 2.05) is 0 Å². The molecule has 0 unspecified atom stereocenters. The number of nitrogens with one attached hydrogen (secondary N) is 3. The highest BCUT2D eigenvalue weighted by atomic mass is 35.5. The van der Waals surface area contributed by atoms with Crippen LogP contribution in [0.2, 0.25) is 5.02 Å². The largest absolute Gasteiger partial charge is 0.480 e. The van der Waals surface area contributed by atoms with Gasteiger partial charge in [-0.2, -0.15) is 4.98 Å². The van der Waals surface area contributed by atoms with Crippen LogP contribution in [0.25, 0.3) is 22.2 Å². The van der Waals surface area contributed by atoms with Crippen molar-refractivity contribution in [2.45, 2.75) is 4.90 Å². The van der Waals surface area contributed by atoms with E-state index in [0.29, 0.717) is 54.0 Å². The normalized spacial score (nSPS) is 13.7. The van der Waals surface area contributed by atoms with Gasteiger partial charge in [-0.15, -0.1) is 0 Å². The molecule has 1 aliphatic heterocycles. The molecule has 4 aromatic rings. The van der Waals surface area contributed by atoms with E-state index in [9.17, 15) is 8.42 Å². The van der Waals surface area contributed by atoms with Crippen molar-refractivity contribution in [2.75, 3.05) is 49.3 Å². The number of pyridine rings is 2. The highest BCUT2D eigenvalue weighted by Crippen LogP contribution is 2.36. The molecule has 5 rings (SSSR count). The van der Waals surface area contributed by atoms with E-state index in [-0.39, 0.29) is 27.0 Å². The van der Waals surface area contributed by atoms with E-state index < -0.39 is 15.8 Å². The monoisotopic (exact) mass is 559 g/mol. The number of benzene rings is 1. The molecule has 1 saturated heterocycles. The fourth-order valence-corrected chi connectivity index (χ4v) is 5.27. The van der Waals surface area contributed by atoms with Crippen LogP contribution >= 0.6 is 11.6 Å². The molecule has 1 aromatic carbocycles. The van der Waals surface area contributed by atoms with Gasteiger partial charge in [-0.1, -0.05) is 23.7 Å². The second kappa shape index (κ2) is 10.5. The number of anilines is 3. The number of methoxy groups -OCH3 is 1. The Balaban J connectivity index is 1.57. The van der Waals surface area contributed by atoms with Gasteiger partial charge < -0.3 is 20.1 Å². The minimum absolute atomic E-state index is 0.0823. The summed E-state index contributed by atoms with van der Waals surface area (Å²) in [5.41, 5.74) is 0.683. The van der Waals surface area contributed by atoms with Gasteiger partial charge in [0.1, 0.15) is 5.82 Å². The molecule has 11 nitrogen and oxygen atoms in total. The van der Waals surface area contributed by atoms with Crippen molar-refractivity contribution in [3.8, 4) is 17.0 Å². The zero-order valence-corrected chi connectivity index (χ0v) is 21.9. The SMILES string of the molecule is CNc1ncc2cc(-c3cccc(NS(=O)(=O)c4cc(Cl)cnc4OC)c3F)c(NCC3COC3)nc2n1. The number of hydrogen-bond acceptors (Lipinski definition) is 10. The molecule has 1 fully saturated rings. The van der Waals surface area contributed by atoms with Gasteiger partial charge in [-0.3, -0.25) is 4.72 Å². The second-order valence-corrected chi connectivity index (χ2v) is 10.5. The van der Waals surface area contributed by atoms with Crippen molar-refractivity contribution in [3.05, 3.63) is 53.6 Å². The molecule has 14 heteroatoms. The summed E-state index contributed by atoms with van der Waals surface area (Å²) in [6.07, 6.45) is 2.83. The number of halogens is 2. The first-order valence-electron chi connectivity index (χ1n) is 11.5.